The lowest BCUT2D eigenvalue weighted by molar-refractivity contribution is -0.127. The first-order valence-electron chi connectivity index (χ1n) is 11.9. The van der Waals surface area contributed by atoms with E-state index in [-0.39, 0.29) is 35.2 Å². The van der Waals surface area contributed by atoms with Gasteiger partial charge in [0.15, 0.2) is 5.83 Å². The van der Waals surface area contributed by atoms with Crippen LogP contribution >= 0.6 is 22.9 Å². The summed E-state index contributed by atoms with van der Waals surface area (Å²) >= 11 is 7.70. The van der Waals surface area contributed by atoms with Crippen LogP contribution in [0.1, 0.15) is 52.3 Å². The number of hydrogen-bond acceptors (Lipinski definition) is 6. The van der Waals surface area contributed by atoms with Gasteiger partial charge in [0, 0.05) is 28.7 Å². The van der Waals surface area contributed by atoms with E-state index in [0.29, 0.717) is 35.5 Å². The Labute approximate surface area is 210 Å². The molecule has 1 aromatic heterocycles. The van der Waals surface area contributed by atoms with Crippen molar-refractivity contribution in [3.8, 4) is 0 Å². The predicted molar refractivity (Wildman–Crippen MR) is 136 cm³/mol. The maximum Gasteiger partial charge on any atom is 0.247 e. The number of fused-ring (bicyclic) bond motifs is 1. The van der Waals surface area contributed by atoms with E-state index in [4.69, 9.17) is 27.1 Å². The predicted octanol–water partition coefficient (Wildman–Crippen LogP) is 5.38. The van der Waals surface area contributed by atoms with Crippen LogP contribution in [0.2, 0.25) is 4.34 Å². The van der Waals surface area contributed by atoms with Crippen molar-refractivity contribution in [2.45, 2.75) is 53.0 Å². The molecule has 6 atom stereocenters. The molecule has 0 amide bonds. The van der Waals surface area contributed by atoms with Crippen molar-refractivity contribution in [3.05, 3.63) is 33.1 Å². The second kappa shape index (κ2) is 8.94. The lowest BCUT2D eigenvalue weighted by Crippen LogP contribution is -2.38. The van der Waals surface area contributed by atoms with Crippen molar-refractivity contribution < 1.29 is 13.9 Å². The SMILES string of the molecule is CCC1(/C(F)=C(\N=C(C)N2C[C@H]3C(=O)C(C)C(C)C(N)=N[C@@]3(c3ccc(Cl)s3)C2)OC)CC1C. The molecule has 34 heavy (non-hydrogen) atoms. The van der Waals surface area contributed by atoms with Gasteiger partial charge < -0.3 is 15.4 Å². The molecule has 186 valence electrons. The fraction of sp³-hybridized carbons (Fsp3) is 0.640. The van der Waals surface area contributed by atoms with Crippen LogP contribution in [0.5, 0.6) is 0 Å². The van der Waals surface area contributed by atoms with E-state index in [1.54, 1.807) is 0 Å². The van der Waals surface area contributed by atoms with E-state index in [1.165, 1.54) is 18.4 Å². The maximum atomic E-state index is 15.4. The smallest absolute Gasteiger partial charge is 0.247 e. The number of aliphatic imine (C=N–C) groups is 2. The molecule has 0 bridgehead atoms. The molecule has 0 aromatic carbocycles. The van der Waals surface area contributed by atoms with Gasteiger partial charge in [-0.05, 0) is 37.8 Å². The summed E-state index contributed by atoms with van der Waals surface area (Å²) in [5.41, 5.74) is 5.07. The van der Waals surface area contributed by atoms with Crippen LogP contribution in [-0.4, -0.2) is 42.6 Å². The summed E-state index contributed by atoms with van der Waals surface area (Å²) in [6, 6.07) is 3.76. The van der Waals surface area contributed by atoms with Gasteiger partial charge in [0.2, 0.25) is 5.88 Å². The van der Waals surface area contributed by atoms with E-state index >= 15 is 4.39 Å². The number of Topliss-reactive ketones (excluding diaryl/α,β-unsaturated/α-hetero) is 1. The Hall–Kier alpha value is -1.93. The van der Waals surface area contributed by atoms with Crippen LogP contribution in [0.25, 0.3) is 0 Å². The van der Waals surface area contributed by atoms with Crippen molar-refractivity contribution in [1.82, 2.24) is 4.90 Å². The van der Waals surface area contributed by atoms with Crippen LogP contribution in [-0.2, 0) is 15.1 Å². The number of hydrogen-bond donors (Lipinski definition) is 1. The van der Waals surface area contributed by atoms with Gasteiger partial charge in [0.25, 0.3) is 0 Å². The number of amidine groups is 2. The molecule has 9 heteroatoms. The summed E-state index contributed by atoms with van der Waals surface area (Å²) in [5.74, 6) is 0.371. The fourth-order valence-electron chi connectivity index (χ4n) is 5.58. The first-order valence-corrected chi connectivity index (χ1v) is 13.1. The minimum atomic E-state index is -0.847. The number of allylic oxidation sites excluding steroid dienone is 1. The van der Waals surface area contributed by atoms with Gasteiger partial charge >= 0.3 is 0 Å². The minimum absolute atomic E-state index is 0.0142. The second-order valence-electron chi connectivity index (χ2n) is 10.1. The molecule has 1 aromatic rings. The lowest BCUT2D eigenvalue weighted by atomic mass is 9.78. The second-order valence-corrected chi connectivity index (χ2v) is 11.8. The molecular weight excluding hydrogens is 475 g/mol. The van der Waals surface area contributed by atoms with E-state index in [1.807, 2.05) is 51.7 Å². The van der Waals surface area contributed by atoms with Crippen LogP contribution < -0.4 is 5.73 Å². The number of likely N-dealkylation sites (tertiary alicyclic amines) is 1. The Morgan fingerprint density at radius 1 is 1.38 bits per heavy atom. The summed E-state index contributed by atoms with van der Waals surface area (Å²) in [5, 5.41) is 0. The molecule has 2 fully saturated rings. The Morgan fingerprint density at radius 3 is 2.59 bits per heavy atom. The number of methoxy groups -OCH3 is 1. The van der Waals surface area contributed by atoms with Crippen molar-refractivity contribution in [2.75, 3.05) is 20.2 Å². The first kappa shape index (κ1) is 25.2. The number of rotatable bonds is 5. The van der Waals surface area contributed by atoms with Crippen LogP contribution in [0.15, 0.2) is 33.8 Å². The minimum Gasteiger partial charge on any atom is -0.479 e. The van der Waals surface area contributed by atoms with E-state index in [9.17, 15) is 4.79 Å². The van der Waals surface area contributed by atoms with Crippen molar-refractivity contribution in [2.24, 2.45) is 44.8 Å². The number of halogens is 2. The average Bonchev–Trinajstić information content (AvgIpc) is 3.12. The zero-order valence-corrected chi connectivity index (χ0v) is 22.3. The van der Waals surface area contributed by atoms with Crippen molar-refractivity contribution in [3.63, 3.8) is 0 Å². The topological polar surface area (TPSA) is 80.3 Å². The number of thiophene rings is 1. The van der Waals surface area contributed by atoms with Crippen molar-refractivity contribution in [1.29, 1.82) is 0 Å². The van der Waals surface area contributed by atoms with Crippen molar-refractivity contribution >= 4 is 40.4 Å². The molecule has 0 radical (unpaired) electrons. The largest absolute Gasteiger partial charge is 0.479 e. The number of ether oxygens (including phenoxy) is 1. The fourth-order valence-corrected chi connectivity index (χ4v) is 6.81. The molecule has 3 aliphatic rings. The highest BCUT2D eigenvalue weighted by Gasteiger charge is 2.57. The molecule has 4 unspecified atom stereocenters. The summed E-state index contributed by atoms with van der Waals surface area (Å²) in [6.07, 6.45) is 1.50. The summed E-state index contributed by atoms with van der Waals surface area (Å²) in [6.45, 7) is 10.6. The normalized spacial score (nSPS) is 36.6. The number of ketones is 1. The number of nitrogens with zero attached hydrogens (tertiary/aromatic N) is 3. The molecule has 2 aliphatic heterocycles. The standard InChI is InChI=1S/C25H34ClFN4O2S/c1-7-24(10-13(24)2)21(27)23(33-6)29-16(5)31-11-17-20(32)14(3)15(4)22(28)30-25(17,12-31)18-8-9-19(26)34-18/h8-9,13-15,17H,7,10-12H2,1-6H3,(H2,28,30)/b23-21-,29-16?/t13?,14?,15?,17-,24?,25-/m0/s1. The highest BCUT2D eigenvalue weighted by Crippen LogP contribution is 2.61. The Morgan fingerprint density at radius 2 is 2.06 bits per heavy atom. The molecule has 1 saturated heterocycles. The van der Waals surface area contributed by atoms with E-state index < -0.39 is 16.9 Å². The third-order valence-electron chi connectivity index (χ3n) is 8.37. The first-order chi connectivity index (χ1) is 16.0. The molecular formula is C25H34ClFN4O2S. The lowest BCUT2D eigenvalue weighted by Gasteiger charge is -2.28. The van der Waals surface area contributed by atoms with Gasteiger partial charge in [-0.25, -0.2) is 4.39 Å². The van der Waals surface area contributed by atoms with Gasteiger partial charge in [0.1, 0.15) is 17.2 Å². The van der Waals surface area contributed by atoms with E-state index in [2.05, 4.69) is 4.99 Å². The highest BCUT2D eigenvalue weighted by molar-refractivity contribution is 7.16. The van der Waals surface area contributed by atoms with Gasteiger partial charge in [0.05, 0.1) is 29.7 Å². The molecule has 4 rings (SSSR count). The van der Waals surface area contributed by atoms with Crippen LogP contribution in [0.3, 0.4) is 0 Å². The third-order valence-corrected chi connectivity index (χ3v) is 9.77. The van der Waals surface area contributed by atoms with Gasteiger partial charge in [-0.2, -0.15) is 4.99 Å². The van der Waals surface area contributed by atoms with Crippen LogP contribution in [0, 0.1) is 29.1 Å². The summed E-state index contributed by atoms with van der Waals surface area (Å²) in [7, 11) is 1.45. The quantitative estimate of drug-likeness (QED) is 0.329. The molecule has 3 heterocycles. The number of carbonyl (C=O) groups excluding carboxylic acids is 1. The average molecular weight is 509 g/mol. The van der Waals surface area contributed by atoms with Gasteiger partial charge in [-0.15, -0.1) is 11.3 Å². The molecule has 1 aliphatic carbocycles. The summed E-state index contributed by atoms with van der Waals surface area (Å²) < 4.78 is 21.5. The third kappa shape index (κ3) is 3.87. The Bertz CT molecular complexity index is 1080. The van der Waals surface area contributed by atoms with Gasteiger partial charge in [-0.3, -0.25) is 9.79 Å². The zero-order chi connectivity index (χ0) is 25.0. The molecule has 2 N–H and O–H groups in total. The Kier molecular flexibility index (Phi) is 6.62. The monoisotopic (exact) mass is 508 g/mol. The van der Waals surface area contributed by atoms with E-state index in [0.717, 1.165) is 11.3 Å². The highest BCUT2D eigenvalue weighted by atomic mass is 35.5. The van der Waals surface area contributed by atoms with Gasteiger partial charge in [-0.1, -0.05) is 39.3 Å². The molecule has 0 spiro atoms. The molecule has 1 saturated carbocycles. The summed E-state index contributed by atoms with van der Waals surface area (Å²) in [4.78, 5) is 26.1. The Balaban J connectivity index is 1.76. The maximum absolute atomic E-state index is 15.4. The molecule has 6 nitrogen and oxygen atoms in total. The zero-order valence-electron chi connectivity index (χ0n) is 20.7. The number of carbonyl (C=O) groups is 1. The number of nitrogens with two attached hydrogens (primary N) is 1. The van der Waals surface area contributed by atoms with Crippen LogP contribution in [0.4, 0.5) is 4.39 Å².